The van der Waals surface area contributed by atoms with Gasteiger partial charge in [-0.15, -0.1) is 22.0 Å². The summed E-state index contributed by atoms with van der Waals surface area (Å²) in [6.45, 7) is 1.82. The van der Waals surface area contributed by atoms with E-state index in [1.54, 1.807) is 0 Å². The van der Waals surface area contributed by atoms with E-state index in [2.05, 4.69) is 20.6 Å². The van der Waals surface area contributed by atoms with Crippen molar-refractivity contribution in [2.75, 3.05) is 11.5 Å². The van der Waals surface area contributed by atoms with Crippen molar-refractivity contribution >= 4 is 58.3 Å². The fraction of sp³-hybridized carbons (Fsp3) is 0.375. The van der Waals surface area contributed by atoms with Crippen LogP contribution in [-0.4, -0.2) is 75.6 Å². The lowest BCUT2D eigenvalue weighted by Crippen LogP contribution is -2.70. The molecule has 2 N–H and O–H groups in total. The molecule has 4 heterocycles. The third kappa shape index (κ3) is 3.95. The van der Waals surface area contributed by atoms with E-state index in [4.69, 9.17) is 0 Å². The van der Waals surface area contributed by atoms with Crippen LogP contribution in [0.2, 0.25) is 0 Å². The van der Waals surface area contributed by atoms with E-state index in [1.165, 1.54) is 41.9 Å². The number of hydrogen-bond acceptors (Lipinski definition) is 11. The summed E-state index contributed by atoms with van der Waals surface area (Å²) < 4.78 is 1.83. The lowest BCUT2D eigenvalue weighted by atomic mass is 10.0. The number of aliphatic carboxylic acids is 1. The standard InChI is InChI=1S/C16H15N7O6S3/c1-6-18-19-16(32-6)31-5-7-4-30-14-10(13(25)22(14)11(7)15(26)27)17-12(24)9-8(23(28)29)3-21(2)20-9/h3,10,14H,4-5H2,1-2H3,(H,17,24)(H,26,27)/t10-,14-/m0/s1. The molecule has 0 spiro atoms. The van der Waals surface area contributed by atoms with Crippen LogP contribution in [0, 0.1) is 17.0 Å². The maximum absolute atomic E-state index is 12.7. The Kier molecular flexibility index (Phi) is 5.91. The maximum atomic E-state index is 12.7. The fourth-order valence-corrected chi connectivity index (χ4v) is 6.56. The largest absolute Gasteiger partial charge is 0.477 e. The van der Waals surface area contributed by atoms with Gasteiger partial charge in [0.25, 0.3) is 11.8 Å². The van der Waals surface area contributed by atoms with Crippen molar-refractivity contribution < 1.29 is 24.4 Å². The average molecular weight is 498 g/mol. The molecule has 0 saturated carbocycles. The molecular weight excluding hydrogens is 482 g/mol. The van der Waals surface area contributed by atoms with Gasteiger partial charge in [-0.1, -0.05) is 23.1 Å². The second-order valence-electron chi connectivity index (χ2n) is 6.79. The maximum Gasteiger partial charge on any atom is 0.352 e. The number of amides is 2. The molecule has 16 heteroatoms. The summed E-state index contributed by atoms with van der Waals surface area (Å²) in [6, 6.07) is -1.01. The van der Waals surface area contributed by atoms with Crippen LogP contribution in [0.15, 0.2) is 21.8 Å². The average Bonchev–Trinajstić information content (AvgIpc) is 3.34. The molecule has 2 aromatic heterocycles. The van der Waals surface area contributed by atoms with Crippen molar-refractivity contribution in [1.29, 1.82) is 0 Å². The zero-order valence-electron chi connectivity index (χ0n) is 16.5. The number of aromatic nitrogens is 4. The second-order valence-corrected chi connectivity index (χ2v) is 10.3. The molecule has 0 radical (unpaired) electrons. The van der Waals surface area contributed by atoms with E-state index in [0.717, 1.165) is 20.8 Å². The Labute approximate surface area is 192 Å². The van der Waals surface area contributed by atoms with Crippen LogP contribution in [0.3, 0.4) is 0 Å². The Balaban J connectivity index is 1.50. The Morgan fingerprint density at radius 2 is 2.19 bits per heavy atom. The molecule has 0 bridgehead atoms. The van der Waals surface area contributed by atoms with E-state index in [1.807, 2.05) is 6.92 Å². The summed E-state index contributed by atoms with van der Waals surface area (Å²) in [5.41, 5.74) is -0.442. The number of fused-ring (bicyclic) bond motifs is 1. The smallest absolute Gasteiger partial charge is 0.352 e. The molecule has 2 amide bonds. The number of nitro groups is 1. The Bertz CT molecular complexity index is 1170. The summed E-state index contributed by atoms with van der Waals surface area (Å²) in [5.74, 6) is -2.03. The van der Waals surface area contributed by atoms with Crippen LogP contribution in [0.4, 0.5) is 5.69 Å². The van der Waals surface area contributed by atoms with Gasteiger partial charge in [-0.2, -0.15) is 5.10 Å². The zero-order valence-corrected chi connectivity index (χ0v) is 19.0. The molecule has 0 unspecified atom stereocenters. The minimum absolute atomic E-state index is 0.109. The molecule has 2 aliphatic heterocycles. The zero-order chi connectivity index (χ0) is 23.2. The van der Waals surface area contributed by atoms with E-state index >= 15 is 0 Å². The lowest BCUT2D eigenvalue weighted by Gasteiger charge is -2.49. The van der Waals surface area contributed by atoms with Crippen molar-refractivity contribution in [3.8, 4) is 0 Å². The number of thioether (sulfide) groups is 2. The molecule has 13 nitrogen and oxygen atoms in total. The number of aryl methyl sites for hydroxylation is 2. The van der Waals surface area contributed by atoms with Crippen molar-refractivity contribution in [2.45, 2.75) is 22.7 Å². The van der Waals surface area contributed by atoms with E-state index in [9.17, 15) is 29.6 Å². The number of rotatable bonds is 7. The summed E-state index contributed by atoms with van der Waals surface area (Å²) in [4.78, 5) is 48.7. The number of β-lactam (4-membered cyclic amide) rings is 1. The van der Waals surface area contributed by atoms with Crippen molar-refractivity contribution in [3.63, 3.8) is 0 Å². The van der Waals surface area contributed by atoms with Gasteiger partial charge in [0.15, 0.2) is 4.34 Å². The first kappa shape index (κ1) is 22.2. The second kappa shape index (κ2) is 8.51. The summed E-state index contributed by atoms with van der Waals surface area (Å²) in [5, 5.41) is 35.2. The molecule has 32 heavy (non-hydrogen) atoms. The van der Waals surface area contributed by atoms with Crippen LogP contribution >= 0.6 is 34.9 Å². The molecule has 0 aromatic carbocycles. The van der Waals surface area contributed by atoms with Crippen LogP contribution in [0.5, 0.6) is 0 Å². The number of carboxylic acids is 1. The third-order valence-electron chi connectivity index (χ3n) is 4.64. The van der Waals surface area contributed by atoms with Gasteiger partial charge in [-0.25, -0.2) is 4.79 Å². The molecule has 1 saturated heterocycles. The van der Waals surface area contributed by atoms with Crippen LogP contribution < -0.4 is 5.32 Å². The lowest BCUT2D eigenvalue weighted by molar-refractivity contribution is -0.385. The predicted molar refractivity (Wildman–Crippen MR) is 114 cm³/mol. The van der Waals surface area contributed by atoms with Gasteiger partial charge in [0.1, 0.15) is 28.3 Å². The highest BCUT2D eigenvalue weighted by molar-refractivity contribution is 8.01. The summed E-state index contributed by atoms with van der Waals surface area (Å²) in [6.07, 6.45) is 1.09. The Morgan fingerprint density at radius 3 is 2.81 bits per heavy atom. The number of hydrogen-bond donors (Lipinski definition) is 2. The van der Waals surface area contributed by atoms with Crippen LogP contribution in [0.1, 0.15) is 15.5 Å². The third-order valence-corrected chi connectivity index (χ3v) is 8.03. The molecule has 1 fully saturated rings. The SMILES string of the molecule is Cc1nnc(SCC2=C(C(=O)O)N3C(=O)[C@H](NC(=O)c4nn(C)cc4[N+](=O)[O-])[C@@H]3SC2)s1. The normalized spacial score (nSPS) is 20.1. The highest BCUT2D eigenvalue weighted by Crippen LogP contribution is 2.42. The minimum Gasteiger partial charge on any atom is -0.477 e. The van der Waals surface area contributed by atoms with Crippen molar-refractivity contribution in [2.24, 2.45) is 7.05 Å². The van der Waals surface area contributed by atoms with E-state index < -0.39 is 45.5 Å². The molecule has 0 aliphatic carbocycles. The van der Waals surface area contributed by atoms with Crippen molar-refractivity contribution in [3.05, 3.63) is 38.3 Å². The van der Waals surface area contributed by atoms with Gasteiger partial charge in [-0.3, -0.25) is 29.3 Å². The van der Waals surface area contributed by atoms with Gasteiger partial charge in [-0.05, 0) is 12.5 Å². The fourth-order valence-electron chi connectivity index (χ4n) is 3.26. The predicted octanol–water partition coefficient (Wildman–Crippen LogP) is 0.633. The van der Waals surface area contributed by atoms with Crippen LogP contribution in [0.25, 0.3) is 0 Å². The first-order valence-electron chi connectivity index (χ1n) is 8.99. The van der Waals surface area contributed by atoms with Crippen LogP contribution in [-0.2, 0) is 16.6 Å². The van der Waals surface area contributed by atoms with Gasteiger partial charge in [0.2, 0.25) is 5.69 Å². The molecule has 2 atom stereocenters. The van der Waals surface area contributed by atoms with E-state index in [0.29, 0.717) is 21.4 Å². The minimum atomic E-state index is -1.24. The molecular formula is C16H15N7O6S3. The molecule has 2 aromatic rings. The van der Waals surface area contributed by atoms with Gasteiger partial charge >= 0.3 is 11.7 Å². The number of carboxylic acid groups (broad SMARTS) is 1. The quantitative estimate of drug-likeness (QED) is 0.238. The Hall–Kier alpha value is -2.98. The molecule has 2 aliphatic rings. The summed E-state index contributed by atoms with van der Waals surface area (Å²) >= 11 is 4.04. The highest BCUT2D eigenvalue weighted by Gasteiger charge is 2.54. The first-order valence-corrected chi connectivity index (χ1v) is 11.8. The number of nitrogens with zero attached hydrogens (tertiary/aromatic N) is 6. The number of nitrogens with one attached hydrogen (secondary N) is 1. The molecule has 4 rings (SSSR count). The number of carbonyl (C=O) groups excluding carboxylic acids is 2. The van der Waals surface area contributed by atoms with Gasteiger partial charge in [0, 0.05) is 18.6 Å². The topological polar surface area (TPSA) is 173 Å². The summed E-state index contributed by atoms with van der Waals surface area (Å²) in [7, 11) is 1.43. The first-order chi connectivity index (χ1) is 15.2. The van der Waals surface area contributed by atoms with Crippen molar-refractivity contribution in [1.82, 2.24) is 30.2 Å². The van der Waals surface area contributed by atoms with Gasteiger partial charge < -0.3 is 10.4 Å². The number of carbonyl (C=O) groups is 3. The van der Waals surface area contributed by atoms with Gasteiger partial charge in [0.05, 0.1) is 4.92 Å². The Morgan fingerprint density at radius 1 is 1.44 bits per heavy atom. The molecule has 168 valence electrons. The monoisotopic (exact) mass is 497 g/mol. The van der Waals surface area contributed by atoms with E-state index in [-0.39, 0.29) is 5.70 Å². The highest BCUT2D eigenvalue weighted by atomic mass is 32.2.